The van der Waals surface area contributed by atoms with Crippen LogP contribution >= 0.6 is 15.9 Å². The van der Waals surface area contributed by atoms with Crippen molar-refractivity contribution in [3.63, 3.8) is 0 Å². The molecule has 0 saturated carbocycles. The van der Waals surface area contributed by atoms with Gasteiger partial charge in [-0.1, -0.05) is 15.9 Å². The van der Waals surface area contributed by atoms with Crippen molar-refractivity contribution in [2.24, 2.45) is 0 Å². The molecule has 0 aliphatic rings. The highest BCUT2D eigenvalue weighted by molar-refractivity contribution is 9.09. The Kier molecular flexibility index (Phi) is 4.83. The molecular weight excluding hydrogens is 280 g/mol. The molecule has 1 rings (SSSR count). The third kappa shape index (κ3) is 3.23. The van der Waals surface area contributed by atoms with Crippen LogP contribution < -0.4 is 0 Å². The van der Waals surface area contributed by atoms with Gasteiger partial charge in [-0.2, -0.15) is 0 Å². The summed E-state index contributed by atoms with van der Waals surface area (Å²) < 4.78 is 27.1. The molecule has 1 aromatic carbocycles. The Morgan fingerprint density at radius 1 is 1.31 bits per heavy atom. The standard InChI is InChI=1S/C11H14BrF2NO/c1-15(2)6-7-3-8(13)11(9(14)4-7)10(16)5-12/h3-4,10,16H,5-6H2,1-2H3. The predicted octanol–water partition coefficient (Wildman–Crippen LogP) is 2.45. The molecule has 16 heavy (non-hydrogen) atoms. The topological polar surface area (TPSA) is 23.5 Å². The van der Waals surface area contributed by atoms with E-state index >= 15 is 0 Å². The number of benzene rings is 1. The highest BCUT2D eigenvalue weighted by Crippen LogP contribution is 2.24. The van der Waals surface area contributed by atoms with Crippen LogP contribution in [0.25, 0.3) is 0 Å². The van der Waals surface area contributed by atoms with Crippen molar-refractivity contribution < 1.29 is 13.9 Å². The van der Waals surface area contributed by atoms with Gasteiger partial charge in [-0.15, -0.1) is 0 Å². The Labute approximate surface area is 102 Å². The van der Waals surface area contributed by atoms with Crippen LogP contribution in [0, 0.1) is 11.6 Å². The summed E-state index contributed by atoms with van der Waals surface area (Å²) in [6.45, 7) is 0.457. The molecule has 1 atom stereocenters. The number of rotatable bonds is 4. The van der Waals surface area contributed by atoms with E-state index in [9.17, 15) is 13.9 Å². The van der Waals surface area contributed by atoms with Crippen molar-refractivity contribution in [2.75, 3.05) is 19.4 Å². The van der Waals surface area contributed by atoms with E-state index in [-0.39, 0.29) is 10.9 Å². The number of halogens is 3. The second-order valence-electron chi connectivity index (χ2n) is 3.88. The van der Waals surface area contributed by atoms with E-state index in [0.717, 1.165) is 0 Å². The van der Waals surface area contributed by atoms with E-state index in [1.807, 2.05) is 19.0 Å². The Morgan fingerprint density at radius 3 is 2.19 bits per heavy atom. The first-order chi connectivity index (χ1) is 7.45. The Hall–Kier alpha value is -0.520. The lowest BCUT2D eigenvalue weighted by Crippen LogP contribution is -2.13. The van der Waals surface area contributed by atoms with Crippen molar-refractivity contribution in [3.05, 3.63) is 34.9 Å². The van der Waals surface area contributed by atoms with Crippen molar-refractivity contribution in [1.82, 2.24) is 4.90 Å². The average molecular weight is 294 g/mol. The van der Waals surface area contributed by atoms with E-state index in [4.69, 9.17) is 0 Å². The SMILES string of the molecule is CN(C)Cc1cc(F)c(C(O)CBr)c(F)c1. The number of alkyl halides is 1. The van der Waals surface area contributed by atoms with Crippen LogP contribution in [0.4, 0.5) is 8.78 Å². The van der Waals surface area contributed by atoms with Crippen molar-refractivity contribution in [1.29, 1.82) is 0 Å². The normalized spacial score (nSPS) is 13.2. The average Bonchev–Trinajstić information content (AvgIpc) is 2.15. The zero-order valence-electron chi connectivity index (χ0n) is 9.17. The van der Waals surface area contributed by atoms with Gasteiger partial charge in [-0.25, -0.2) is 8.78 Å². The number of aliphatic hydroxyl groups is 1. The molecule has 0 fully saturated rings. The second-order valence-corrected chi connectivity index (χ2v) is 4.53. The van der Waals surface area contributed by atoms with E-state index in [1.54, 1.807) is 0 Å². The number of hydrogen-bond donors (Lipinski definition) is 1. The molecule has 0 aromatic heterocycles. The Morgan fingerprint density at radius 2 is 1.81 bits per heavy atom. The smallest absolute Gasteiger partial charge is 0.132 e. The van der Waals surface area contributed by atoms with Gasteiger partial charge in [0.2, 0.25) is 0 Å². The van der Waals surface area contributed by atoms with Crippen LogP contribution in [-0.2, 0) is 6.54 Å². The maximum atomic E-state index is 13.6. The van der Waals surface area contributed by atoms with Crippen LogP contribution in [0.3, 0.4) is 0 Å². The molecule has 90 valence electrons. The van der Waals surface area contributed by atoms with E-state index in [0.29, 0.717) is 12.1 Å². The lowest BCUT2D eigenvalue weighted by atomic mass is 10.1. The molecule has 1 unspecified atom stereocenters. The molecular formula is C11H14BrF2NO. The lowest BCUT2D eigenvalue weighted by molar-refractivity contribution is 0.194. The van der Waals surface area contributed by atoms with Gasteiger partial charge in [0, 0.05) is 11.9 Å². The highest BCUT2D eigenvalue weighted by Gasteiger charge is 2.18. The zero-order valence-corrected chi connectivity index (χ0v) is 10.8. The van der Waals surface area contributed by atoms with Crippen LogP contribution in [0.5, 0.6) is 0 Å². The van der Waals surface area contributed by atoms with Crippen molar-refractivity contribution in [2.45, 2.75) is 12.6 Å². The van der Waals surface area contributed by atoms with Gasteiger partial charge in [0.25, 0.3) is 0 Å². The maximum absolute atomic E-state index is 13.6. The fraction of sp³-hybridized carbons (Fsp3) is 0.455. The molecule has 0 spiro atoms. The summed E-state index contributed by atoms with van der Waals surface area (Å²) in [7, 11) is 3.63. The van der Waals surface area contributed by atoms with Crippen LogP contribution in [0.2, 0.25) is 0 Å². The lowest BCUT2D eigenvalue weighted by Gasteiger charge is -2.14. The third-order valence-electron chi connectivity index (χ3n) is 2.12. The molecule has 0 heterocycles. The van der Waals surface area contributed by atoms with Crippen LogP contribution in [-0.4, -0.2) is 29.4 Å². The molecule has 2 nitrogen and oxygen atoms in total. The van der Waals surface area contributed by atoms with Crippen LogP contribution in [0.15, 0.2) is 12.1 Å². The first-order valence-corrected chi connectivity index (χ1v) is 5.94. The third-order valence-corrected chi connectivity index (χ3v) is 2.73. The van der Waals surface area contributed by atoms with E-state index in [1.165, 1.54) is 12.1 Å². The van der Waals surface area contributed by atoms with Crippen molar-refractivity contribution >= 4 is 15.9 Å². The van der Waals surface area contributed by atoms with E-state index < -0.39 is 17.7 Å². The van der Waals surface area contributed by atoms with Crippen molar-refractivity contribution in [3.8, 4) is 0 Å². The van der Waals surface area contributed by atoms with E-state index in [2.05, 4.69) is 15.9 Å². The van der Waals surface area contributed by atoms with Gasteiger partial charge in [0.05, 0.1) is 11.7 Å². The molecule has 1 aromatic rings. The summed E-state index contributed by atoms with van der Waals surface area (Å²) in [4.78, 5) is 1.81. The fourth-order valence-corrected chi connectivity index (χ4v) is 1.81. The summed E-state index contributed by atoms with van der Waals surface area (Å²) in [5.41, 5.74) is 0.268. The molecule has 5 heteroatoms. The highest BCUT2D eigenvalue weighted by atomic mass is 79.9. The summed E-state index contributed by atoms with van der Waals surface area (Å²) >= 11 is 2.99. The molecule has 0 aliphatic carbocycles. The summed E-state index contributed by atoms with van der Waals surface area (Å²) in [5, 5.41) is 9.53. The van der Waals surface area contributed by atoms with Crippen LogP contribution in [0.1, 0.15) is 17.2 Å². The Balaban J connectivity index is 3.07. The molecule has 0 aliphatic heterocycles. The zero-order chi connectivity index (χ0) is 12.3. The summed E-state index contributed by atoms with van der Waals surface area (Å²) in [5.74, 6) is -1.41. The first kappa shape index (κ1) is 13.5. The summed E-state index contributed by atoms with van der Waals surface area (Å²) in [6, 6.07) is 2.51. The molecule has 1 N–H and O–H groups in total. The van der Waals surface area contributed by atoms with Gasteiger partial charge >= 0.3 is 0 Å². The van der Waals surface area contributed by atoms with Gasteiger partial charge < -0.3 is 10.0 Å². The quantitative estimate of drug-likeness (QED) is 0.862. The van der Waals surface area contributed by atoms with Gasteiger partial charge in [0.15, 0.2) is 0 Å². The predicted molar refractivity (Wildman–Crippen MR) is 62.5 cm³/mol. The number of hydrogen-bond acceptors (Lipinski definition) is 2. The number of aliphatic hydroxyl groups excluding tert-OH is 1. The molecule has 0 radical (unpaired) electrons. The Bertz CT molecular complexity index is 348. The monoisotopic (exact) mass is 293 g/mol. The maximum Gasteiger partial charge on any atom is 0.132 e. The fourth-order valence-electron chi connectivity index (χ4n) is 1.49. The largest absolute Gasteiger partial charge is 0.387 e. The molecule has 0 bridgehead atoms. The van der Waals surface area contributed by atoms with Gasteiger partial charge in [0.1, 0.15) is 11.6 Å². The van der Waals surface area contributed by atoms with Gasteiger partial charge in [-0.3, -0.25) is 0 Å². The number of nitrogens with zero attached hydrogens (tertiary/aromatic N) is 1. The molecule has 0 amide bonds. The minimum atomic E-state index is -1.16. The minimum absolute atomic E-state index is 0.105. The van der Waals surface area contributed by atoms with Gasteiger partial charge in [-0.05, 0) is 31.8 Å². The second kappa shape index (κ2) is 5.70. The summed E-state index contributed by atoms with van der Waals surface area (Å²) in [6.07, 6.45) is -1.16. The minimum Gasteiger partial charge on any atom is -0.387 e. The first-order valence-electron chi connectivity index (χ1n) is 4.82. The molecule has 0 saturated heterocycles.